The minimum Gasteiger partial charge on any atom is -0.467 e. The second-order valence-electron chi connectivity index (χ2n) is 6.57. The lowest BCUT2D eigenvalue weighted by atomic mass is 10.0. The van der Waals surface area contributed by atoms with E-state index in [-0.39, 0.29) is 11.8 Å². The van der Waals surface area contributed by atoms with Crippen LogP contribution in [0.25, 0.3) is 0 Å². The van der Waals surface area contributed by atoms with Gasteiger partial charge >= 0.3 is 0 Å². The van der Waals surface area contributed by atoms with Crippen LogP contribution in [-0.2, 0) is 6.54 Å². The summed E-state index contributed by atoms with van der Waals surface area (Å²) >= 11 is 0. The lowest BCUT2D eigenvalue weighted by Gasteiger charge is -2.09. The zero-order valence-electron chi connectivity index (χ0n) is 15.4. The van der Waals surface area contributed by atoms with Gasteiger partial charge in [0.05, 0.1) is 12.8 Å². The Kier molecular flexibility index (Phi) is 5.71. The monoisotopic (exact) mass is 362 g/mol. The third kappa shape index (κ3) is 4.85. The molecule has 0 bridgehead atoms. The molecule has 0 fully saturated rings. The van der Waals surface area contributed by atoms with Crippen LogP contribution in [0.3, 0.4) is 0 Å². The maximum Gasteiger partial charge on any atom is 0.255 e. The Balaban J connectivity index is 1.58. The largest absolute Gasteiger partial charge is 0.467 e. The van der Waals surface area contributed by atoms with Crippen molar-refractivity contribution in [1.29, 1.82) is 0 Å². The van der Waals surface area contributed by atoms with Crippen molar-refractivity contribution in [2.45, 2.75) is 26.3 Å². The molecule has 0 aliphatic carbocycles. The van der Waals surface area contributed by atoms with Crippen molar-refractivity contribution in [3.8, 4) is 0 Å². The summed E-state index contributed by atoms with van der Waals surface area (Å²) in [5.41, 5.74) is 2.94. The highest BCUT2D eigenvalue weighted by Gasteiger charge is 2.10. The van der Waals surface area contributed by atoms with Gasteiger partial charge in [0.15, 0.2) is 0 Å². The predicted octanol–water partition coefficient (Wildman–Crippen LogP) is 4.59. The molecule has 0 saturated heterocycles. The molecule has 0 atom stereocenters. The fourth-order valence-corrected chi connectivity index (χ4v) is 2.61. The molecule has 1 heterocycles. The number of amides is 2. The number of anilines is 1. The van der Waals surface area contributed by atoms with Gasteiger partial charge in [-0.1, -0.05) is 26.0 Å². The number of benzene rings is 2. The maximum atomic E-state index is 12.4. The van der Waals surface area contributed by atoms with Gasteiger partial charge < -0.3 is 15.1 Å². The highest BCUT2D eigenvalue weighted by molar-refractivity contribution is 6.05. The Morgan fingerprint density at radius 2 is 1.52 bits per heavy atom. The SMILES string of the molecule is CC(C)c1ccc(NC(=O)c2ccc(C(=O)NCc3ccco3)cc2)cc1. The van der Waals surface area contributed by atoms with Crippen LogP contribution >= 0.6 is 0 Å². The average molecular weight is 362 g/mol. The number of carbonyl (C=O) groups excluding carboxylic acids is 2. The fourth-order valence-electron chi connectivity index (χ4n) is 2.61. The Morgan fingerprint density at radius 1 is 0.889 bits per heavy atom. The molecule has 2 N–H and O–H groups in total. The molecule has 0 radical (unpaired) electrons. The molecule has 5 nitrogen and oxygen atoms in total. The van der Waals surface area contributed by atoms with Gasteiger partial charge in [0.25, 0.3) is 11.8 Å². The smallest absolute Gasteiger partial charge is 0.255 e. The number of furan rings is 1. The van der Waals surface area contributed by atoms with Gasteiger partial charge in [-0.25, -0.2) is 0 Å². The number of hydrogen-bond donors (Lipinski definition) is 2. The number of hydrogen-bond acceptors (Lipinski definition) is 3. The predicted molar refractivity (Wildman–Crippen MR) is 105 cm³/mol. The van der Waals surface area contributed by atoms with Crippen molar-refractivity contribution in [3.63, 3.8) is 0 Å². The van der Waals surface area contributed by atoms with Gasteiger partial charge in [0.2, 0.25) is 0 Å². The van der Waals surface area contributed by atoms with E-state index in [1.165, 1.54) is 5.56 Å². The molecule has 0 unspecified atom stereocenters. The van der Waals surface area contributed by atoms with E-state index in [0.717, 1.165) is 5.69 Å². The van der Waals surface area contributed by atoms with Crippen LogP contribution in [0.5, 0.6) is 0 Å². The number of carbonyl (C=O) groups is 2. The lowest BCUT2D eigenvalue weighted by Crippen LogP contribution is -2.22. The van der Waals surface area contributed by atoms with Crippen molar-refractivity contribution in [1.82, 2.24) is 5.32 Å². The third-order valence-corrected chi connectivity index (χ3v) is 4.25. The zero-order valence-corrected chi connectivity index (χ0v) is 15.4. The summed E-state index contributed by atoms with van der Waals surface area (Å²) in [6, 6.07) is 17.9. The highest BCUT2D eigenvalue weighted by atomic mass is 16.3. The van der Waals surface area contributed by atoms with E-state index < -0.39 is 0 Å². The molecule has 5 heteroatoms. The van der Waals surface area contributed by atoms with Gasteiger partial charge in [0.1, 0.15) is 5.76 Å². The van der Waals surface area contributed by atoms with Gasteiger partial charge in [-0.05, 0) is 60.0 Å². The topological polar surface area (TPSA) is 71.3 Å². The number of nitrogens with one attached hydrogen (secondary N) is 2. The second-order valence-corrected chi connectivity index (χ2v) is 6.57. The number of rotatable bonds is 6. The van der Waals surface area contributed by atoms with Crippen LogP contribution in [0.15, 0.2) is 71.3 Å². The van der Waals surface area contributed by atoms with Crippen molar-refractivity contribution in [3.05, 3.63) is 89.4 Å². The average Bonchev–Trinajstić information content (AvgIpc) is 3.20. The van der Waals surface area contributed by atoms with Crippen LogP contribution in [-0.4, -0.2) is 11.8 Å². The first-order valence-electron chi connectivity index (χ1n) is 8.85. The first kappa shape index (κ1) is 18.5. The van der Waals surface area contributed by atoms with Crippen LogP contribution in [0.2, 0.25) is 0 Å². The van der Waals surface area contributed by atoms with E-state index in [9.17, 15) is 9.59 Å². The van der Waals surface area contributed by atoms with E-state index in [1.54, 1.807) is 42.7 Å². The molecule has 3 aromatic rings. The molecular formula is C22H22N2O3. The summed E-state index contributed by atoms with van der Waals surface area (Å²) in [4.78, 5) is 24.5. The van der Waals surface area contributed by atoms with Crippen LogP contribution in [0.1, 0.15) is 51.8 Å². The third-order valence-electron chi connectivity index (χ3n) is 4.25. The molecule has 0 aliphatic heterocycles. The van der Waals surface area contributed by atoms with Crippen molar-refractivity contribution in [2.24, 2.45) is 0 Å². The molecule has 2 aromatic carbocycles. The van der Waals surface area contributed by atoms with E-state index in [1.807, 2.05) is 24.3 Å². The molecule has 138 valence electrons. The first-order chi connectivity index (χ1) is 13.0. The highest BCUT2D eigenvalue weighted by Crippen LogP contribution is 2.18. The summed E-state index contributed by atoms with van der Waals surface area (Å²) in [6.07, 6.45) is 1.56. The zero-order chi connectivity index (χ0) is 19.2. The van der Waals surface area contributed by atoms with Crippen LogP contribution in [0, 0.1) is 0 Å². The van der Waals surface area contributed by atoms with Gasteiger partial charge in [-0.3, -0.25) is 9.59 Å². The maximum absolute atomic E-state index is 12.4. The molecule has 3 rings (SSSR count). The Bertz CT molecular complexity index is 896. The quantitative estimate of drug-likeness (QED) is 0.674. The Labute approximate surface area is 158 Å². The van der Waals surface area contributed by atoms with E-state index in [4.69, 9.17) is 4.42 Å². The van der Waals surface area contributed by atoms with Crippen molar-refractivity contribution < 1.29 is 14.0 Å². The molecular weight excluding hydrogens is 340 g/mol. The van der Waals surface area contributed by atoms with Gasteiger partial charge in [-0.2, -0.15) is 0 Å². The summed E-state index contributed by atoms with van der Waals surface area (Å²) in [5, 5.41) is 5.64. The standard InChI is InChI=1S/C22H22N2O3/c1-15(2)16-9-11-19(12-10-16)24-22(26)18-7-5-17(6-8-18)21(25)23-14-20-4-3-13-27-20/h3-13,15H,14H2,1-2H3,(H,23,25)(H,24,26). The lowest BCUT2D eigenvalue weighted by molar-refractivity contribution is 0.0946. The van der Waals surface area contributed by atoms with Gasteiger partial charge in [-0.15, -0.1) is 0 Å². The van der Waals surface area contributed by atoms with E-state index in [0.29, 0.717) is 29.3 Å². The molecule has 0 aliphatic rings. The van der Waals surface area contributed by atoms with Crippen LogP contribution < -0.4 is 10.6 Å². The van der Waals surface area contributed by atoms with Crippen molar-refractivity contribution >= 4 is 17.5 Å². The van der Waals surface area contributed by atoms with Crippen molar-refractivity contribution in [2.75, 3.05) is 5.32 Å². The minimum absolute atomic E-state index is 0.213. The second kappa shape index (κ2) is 8.36. The van der Waals surface area contributed by atoms with E-state index >= 15 is 0 Å². The molecule has 0 spiro atoms. The first-order valence-corrected chi connectivity index (χ1v) is 8.85. The molecule has 2 amide bonds. The Hall–Kier alpha value is -3.34. The van der Waals surface area contributed by atoms with Gasteiger partial charge in [0, 0.05) is 16.8 Å². The molecule has 27 heavy (non-hydrogen) atoms. The normalized spacial score (nSPS) is 10.6. The summed E-state index contributed by atoms with van der Waals surface area (Å²) < 4.78 is 5.18. The fraction of sp³-hybridized carbons (Fsp3) is 0.182. The minimum atomic E-state index is -0.220. The molecule has 1 aromatic heterocycles. The summed E-state index contributed by atoms with van der Waals surface area (Å²) in [7, 11) is 0. The summed E-state index contributed by atoms with van der Waals surface area (Å²) in [5.74, 6) is 0.696. The van der Waals surface area contributed by atoms with Crippen LogP contribution in [0.4, 0.5) is 5.69 Å². The summed E-state index contributed by atoms with van der Waals surface area (Å²) in [6.45, 7) is 4.57. The molecule has 0 saturated carbocycles. The van der Waals surface area contributed by atoms with E-state index in [2.05, 4.69) is 24.5 Å². The Morgan fingerprint density at radius 3 is 2.07 bits per heavy atom.